The molecule has 0 aliphatic rings. The first kappa shape index (κ1) is 36.9. The van der Waals surface area contributed by atoms with E-state index in [0.717, 1.165) is 55.8 Å². The van der Waals surface area contributed by atoms with Crippen molar-refractivity contribution in [3.05, 3.63) is 243 Å². The van der Waals surface area contributed by atoms with E-state index in [9.17, 15) is 0 Å². The van der Waals surface area contributed by atoms with Crippen molar-refractivity contribution in [1.82, 2.24) is 4.57 Å². The van der Waals surface area contributed by atoms with Crippen molar-refractivity contribution < 1.29 is 4.42 Å². The van der Waals surface area contributed by atoms with Crippen molar-refractivity contribution >= 4 is 82.4 Å². The first-order valence-corrected chi connectivity index (χ1v) is 22.2. The summed E-state index contributed by atoms with van der Waals surface area (Å²) in [5.74, 6) is 0. The second-order valence-electron chi connectivity index (χ2n) is 16.8. The summed E-state index contributed by atoms with van der Waals surface area (Å²) < 4.78 is 9.09. The van der Waals surface area contributed by atoms with Crippen LogP contribution in [0.25, 0.3) is 104 Å². The van der Waals surface area contributed by atoms with E-state index in [1.165, 1.54) is 65.6 Å². The van der Waals surface area contributed by atoms with Crippen LogP contribution in [-0.2, 0) is 0 Å². The molecule has 2 aromatic heterocycles. The lowest BCUT2D eigenvalue weighted by molar-refractivity contribution is 0.669. The van der Waals surface area contributed by atoms with E-state index in [2.05, 4.69) is 246 Å². The Labute approximate surface area is 376 Å². The number of anilines is 3. The number of furan rings is 1. The van der Waals surface area contributed by atoms with Gasteiger partial charge in [-0.3, -0.25) is 0 Å². The minimum absolute atomic E-state index is 0.858. The average Bonchev–Trinajstić information content (AvgIpc) is 3.93. The quantitative estimate of drug-likeness (QED) is 0.149. The standard InChI is InChI=1S/C62H40N2O/c1-2-18-48-45(15-1)40-56(51-21-4-3-20-50(48)51)42-33-37-47(38-34-42)63(60-29-14-25-55-54-24-8-12-30-61(54)65-62(55)60)46-35-31-41(32-36-46)43-16-13-17-44(39-43)49-19-5-9-26-57(49)64-58-27-10-6-22-52(58)53-23-7-11-28-59(53)64/h1-40H. The Morgan fingerprint density at radius 3 is 1.63 bits per heavy atom. The van der Waals surface area contributed by atoms with Crippen LogP contribution in [0.2, 0.25) is 0 Å². The Morgan fingerprint density at radius 2 is 0.877 bits per heavy atom. The predicted octanol–water partition coefficient (Wildman–Crippen LogP) is 17.5. The van der Waals surface area contributed by atoms with E-state index in [0.29, 0.717) is 0 Å². The van der Waals surface area contributed by atoms with Crippen molar-refractivity contribution in [2.75, 3.05) is 4.90 Å². The van der Waals surface area contributed by atoms with Gasteiger partial charge < -0.3 is 13.9 Å². The molecule has 2 heterocycles. The molecule has 0 radical (unpaired) electrons. The topological polar surface area (TPSA) is 21.3 Å². The van der Waals surface area contributed by atoms with Gasteiger partial charge in [0.05, 0.1) is 22.4 Å². The lowest BCUT2D eigenvalue weighted by atomic mass is 9.93. The molecule has 0 saturated heterocycles. The monoisotopic (exact) mass is 828 g/mol. The maximum Gasteiger partial charge on any atom is 0.159 e. The SMILES string of the molecule is c1cc(-c2ccc(N(c3ccc(-c4cc5ccccc5c5ccccc45)cc3)c3cccc4c3oc3ccccc34)cc2)cc(-c2ccccc2-n2c3ccccc3c3ccccc32)c1. The van der Waals surface area contributed by atoms with Crippen molar-refractivity contribution in [2.24, 2.45) is 0 Å². The molecule has 11 aromatic carbocycles. The molecule has 0 atom stereocenters. The second kappa shape index (κ2) is 15.0. The summed E-state index contributed by atoms with van der Waals surface area (Å²) in [6.07, 6.45) is 0. The summed E-state index contributed by atoms with van der Waals surface area (Å²) in [7, 11) is 0. The average molecular weight is 829 g/mol. The number of para-hydroxylation sites is 5. The molecular weight excluding hydrogens is 789 g/mol. The molecule has 0 saturated carbocycles. The van der Waals surface area contributed by atoms with E-state index in [1.54, 1.807) is 0 Å². The Balaban J connectivity index is 0.912. The van der Waals surface area contributed by atoms with Crippen LogP contribution in [0.15, 0.2) is 247 Å². The first-order chi connectivity index (χ1) is 32.2. The molecule has 0 spiro atoms. The van der Waals surface area contributed by atoms with Gasteiger partial charge in [0, 0.05) is 38.5 Å². The third-order valence-electron chi connectivity index (χ3n) is 13.2. The Morgan fingerprint density at radius 1 is 0.323 bits per heavy atom. The zero-order valence-corrected chi connectivity index (χ0v) is 35.4. The summed E-state index contributed by atoms with van der Waals surface area (Å²) in [5.41, 5.74) is 15.4. The van der Waals surface area contributed by atoms with Gasteiger partial charge in [0.1, 0.15) is 5.58 Å². The van der Waals surface area contributed by atoms with Crippen LogP contribution in [0.1, 0.15) is 0 Å². The predicted molar refractivity (Wildman–Crippen MR) is 274 cm³/mol. The Bertz CT molecular complexity index is 3900. The molecule has 0 unspecified atom stereocenters. The zero-order valence-electron chi connectivity index (χ0n) is 35.4. The molecule has 304 valence electrons. The fourth-order valence-corrected chi connectivity index (χ4v) is 10.2. The highest BCUT2D eigenvalue weighted by atomic mass is 16.3. The number of aromatic nitrogens is 1. The first-order valence-electron chi connectivity index (χ1n) is 22.2. The van der Waals surface area contributed by atoms with Crippen LogP contribution in [0, 0.1) is 0 Å². The van der Waals surface area contributed by atoms with Gasteiger partial charge >= 0.3 is 0 Å². The molecule has 0 aliphatic heterocycles. The van der Waals surface area contributed by atoms with Gasteiger partial charge in [-0.2, -0.15) is 0 Å². The van der Waals surface area contributed by atoms with Crippen molar-refractivity contribution in [1.29, 1.82) is 0 Å². The van der Waals surface area contributed by atoms with Gasteiger partial charge in [-0.25, -0.2) is 0 Å². The van der Waals surface area contributed by atoms with Crippen LogP contribution >= 0.6 is 0 Å². The summed E-state index contributed by atoms with van der Waals surface area (Å²) >= 11 is 0. The smallest absolute Gasteiger partial charge is 0.159 e. The van der Waals surface area contributed by atoms with Crippen LogP contribution < -0.4 is 4.90 Å². The lowest BCUT2D eigenvalue weighted by Crippen LogP contribution is -2.10. The van der Waals surface area contributed by atoms with Gasteiger partial charge in [-0.1, -0.05) is 176 Å². The number of nitrogens with zero attached hydrogens (tertiary/aromatic N) is 2. The maximum atomic E-state index is 6.68. The minimum atomic E-state index is 0.858. The fraction of sp³-hybridized carbons (Fsp3) is 0. The van der Waals surface area contributed by atoms with Gasteiger partial charge in [0.2, 0.25) is 0 Å². The molecule has 0 fully saturated rings. The molecule has 0 N–H and O–H groups in total. The zero-order chi connectivity index (χ0) is 42.8. The highest BCUT2D eigenvalue weighted by Crippen LogP contribution is 2.44. The number of benzene rings is 11. The van der Waals surface area contributed by atoms with Crippen LogP contribution in [-0.4, -0.2) is 4.57 Å². The highest BCUT2D eigenvalue weighted by molar-refractivity contribution is 6.14. The molecule has 65 heavy (non-hydrogen) atoms. The molecule has 0 amide bonds. The summed E-state index contributed by atoms with van der Waals surface area (Å²) in [5, 5.41) is 9.74. The molecule has 3 nitrogen and oxygen atoms in total. The number of hydrogen-bond acceptors (Lipinski definition) is 2. The largest absolute Gasteiger partial charge is 0.454 e. The second-order valence-corrected chi connectivity index (χ2v) is 16.8. The van der Waals surface area contributed by atoms with Crippen LogP contribution in [0.4, 0.5) is 17.1 Å². The molecular formula is C62H40N2O. The molecule has 0 aliphatic carbocycles. The number of rotatable bonds is 7. The normalized spacial score (nSPS) is 11.7. The van der Waals surface area contributed by atoms with E-state index < -0.39 is 0 Å². The Hall–Kier alpha value is -8.66. The Kier molecular flexibility index (Phi) is 8.53. The van der Waals surface area contributed by atoms with E-state index >= 15 is 0 Å². The lowest BCUT2D eigenvalue weighted by Gasteiger charge is -2.26. The van der Waals surface area contributed by atoms with Gasteiger partial charge in [-0.05, 0) is 116 Å². The molecule has 0 bridgehead atoms. The number of fused-ring (bicyclic) bond motifs is 9. The highest BCUT2D eigenvalue weighted by Gasteiger charge is 2.21. The van der Waals surface area contributed by atoms with Gasteiger partial charge in [0.25, 0.3) is 0 Å². The van der Waals surface area contributed by atoms with Crippen molar-refractivity contribution in [2.45, 2.75) is 0 Å². The fourth-order valence-electron chi connectivity index (χ4n) is 10.2. The van der Waals surface area contributed by atoms with E-state index in [1.807, 2.05) is 6.07 Å². The van der Waals surface area contributed by atoms with Crippen LogP contribution in [0.3, 0.4) is 0 Å². The summed E-state index contributed by atoms with van der Waals surface area (Å²) in [6, 6.07) is 87.6. The number of hydrogen-bond donors (Lipinski definition) is 0. The van der Waals surface area contributed by atoms with Crippen molar-refractivity contribution in [3.63, 3.8) is 0 Å². The molecule has 13 aromatic rings. The van der Waals surface area contributed by atoms with Crippen LogP contribution in [0.5, 0.6) is 0 Å². The maximum absolute atomic E-state index is 6.68. The third-order valence-corrected chi connectivity index (χ3v) is 13.2. The van der Waals surface area contributed by atoms with Crippen molar-refractivity contribution in [3.8, 4) is 39.1 Å². The van der Waals surface area contributed by atoms with E-state index in [4.69, 9.17) is 4.42 Å². The van der Waals surface area contributed by atoms with Gasteiger partial charge in [0.15, 0.2) is 5.58 Å². The van der Waals surface area contributed by atoms with Gasteiger partial charge in [-0.15, -0.1) is 0 Å². The van der Waals surface area contributed by atoms with E-state index in [-0.39, 0.29) is 0 Å². The third kappa shape index (κ3) is 6.05. The molecule has 13 rings (SSSR count). The summed E-state index contributed by atoms with van der Waals surface area (Å²) in [4.78, 5) is 2.33. The minimum Gasteiger partial charge on any atom is -0.454 e. The summed E-state index contributed by atoms with van der Waals surface area (Å²) in [6.45, 7) is 0. The molecule has 3 heteroatoms.